The van der Waals surface area contributed by atoms with Crippen molar-refractivity contribution >= 4 is 17.3 Å². The molecule has 0 aliphatic carbocycles. The molecule has 5 nitrogen and oxygen atoms in total. The van der Waals surface area contributed by atoms with E-state index in [1.165, 1.54) is 12.8 Å². The fourth-order valence-electron chi connectivity index (χ4n) is 2.39. The first-order valence-electron chi connectivity index (χ1n) is 7.25. The van der Waals surface area contributed by atoms with Crippen molar-refractivity contribution in [2.24, 2.45) is 16.6 Å². The van der Waals surface area contributed by atoms with Crippen LogP contribution in [-0.4, -0.2) is 28.9 Å². The van der Waals surface area contributed by atoms with Crippen LogP contribution in [0.15, 0.2) is 33.2 Å². The van der Waals surface area contributed by atoms with Crippen molar-refractivity contribution in [2.45, 2.75) is 26.3 Å². The Kier molecular flexibility index (Phi) is 4.24. The summed E-state index contributed by atoms with van der Waals surface area (Å²) in [5.41, 5.74) is 6.87. The second-order valence-electron chi connectivity index (χ2n) is 5.47. The Labute approximate surface area is 128 Å². The van der Waals surface area contributed by atoms with Crippen LogP contribution in [0, 0.1) is 5.92 Å². The number of nitrogens with two attached hydrogens (primary N) is 1. The van der Waals surface area contributed by atoms with Gasteiger partial charge in [-0.1, -0.05) is 13.0 Å². The molecule has 1 saturated heterocycles. The van der Waals surface area contributed by atoms with Crippen LogP contribution in [0.1, 0.15) is 25.5 Å². The molecule has 112 valence electrons. The van der Waals surface area contributed by atoms with Crippen molar-refractivity contribution in [3.05, 3.63) is 29.5 Å². The maximum Gasteiger partial charge on any atom is 0.236 e. The Balaban J connectivity index is 1.60. The fraction of sp³-hybridized carbons (Fsp3) is 0.467. The van der Waals surface area contributed by atoms with Gasteiger partial charge in [0.1, 0.15) is 12.0 Å². The number of likely N-dealkylation sites (tertiary alicyclic amines) is 1. The predicted molar refractivity (Wildman–Crippen MR) is 85.1 cm³/mol. The highest BCUT2D eigenvalue weighted by Gasteiger charge is 2.17. The molecule has 6 heteroatoms. The smallest absolute Gasteiger partial charge is 0.236 e. The van der Waals surface area contributed by atoms with E-state index in [4.69, 9.17) is 10.2 Å². The summed E-state index contributed by atoms with van der Waals surface area (Å²) in [7, 11) is 0. The van der Waals surface area contributed by atoms with Crippen LogP contribution in [0.5, 0.6) is 0 Å². The Bertz CT molecular complexity index is 597. The van der Waals surface area contributed by atoms with Gasteiger partial charge in [0, 0.05) is 13.1 Å². The molecule has 0 atom stereocenters. The van der Waals surface area contributed by atoms with Gasteiger partial charge < -0.3 is 15.1 Å². The summed E-state index contributed by atoms with van der Waals surface area (Å²) in [6.07, 6.45) is 4.02. The standard InChI is InChI=1S/C15H20N4OS/c1-11-4-6-19(7-5-11)15(16)17-9-12-10-20-14(18-12)13-3-2-8-21-13/h2-3,8,10-11H,4-7,9H2,1H3,(H2,16,17). The minimum absolute atomic E-state index is 0.465. The van der Waals surface area contributed by atoms with E-state index in [-0.39, 0.29) is 0 Å². The first kappa shape index (κ1) is 14.1. The zero-order chi connectivity index (χ0) is 14.7. The van der Waals surface area contributed by atoms with Gasteiger partial charge in [0.25, 0.3) is 0 Å². The van der Waals surface area contributed by atoms with Crippen LogP contribution in [0.4, 0.5) is 0 Å². The fourth-order valence-corrected chi connectivity index (χ4v) is 3.05. The molecular weight excluding hydrogens is 284 g/mol. The number of rotatable bonds is 3. The Morgan fingerprint density at radius 3 is 3.05 bits per heavy atom. The van der Waals surface area contributed by atoms with Gasteiger partial charge in [-0.15, -0.1) is 11.3 Å². The SMILES string of the molecule is CC1CCN(C(N)=NCc2coc(-c3cccs3)n2)CC1. The second-order valence-corrected chi connectivity index (χ2v) is 6.41. The van der Waals surface area contributed by atoms with Crippen LogP contribution < -0.4 is 5.73 Å². The maximum absolute atomic E-state index is 6.06. The van der Waals surface area contributed by atoms with Crippen LogP contribution in [0.25, 0.3) is 10.8 Å². The van der Waals surface area contributed by atoms with Crippen LogP contribution in [0.3, 0.4) is 0 Å². The molecule has 1 aliphatic rings. The van der Waals surface area contributed by atoms with E-state index in [0.717, 1.165) is 29.6 Å². The summed E-state index contributed by atoms with van der Waals surface area (Å²) in [5, 5.41) is 2.01. The molecule has 0 bridgehead atoms. The lowest BCUT2D eigenvalue weighted by Crippen LogP contribution is -2.42. The van der Waals surface area contributed by atoms with E-state index in [1.54, 1.807) is 17.6 Å². The summed E-state index contributed by atoms with van der Waals surface area (Å²) in [6.45, 7) is 4.74. The molecule has 2 aromatic heterocycles. The van der Waals surface area contributed by atoms with Crippen molar-refractivity contribution in [3.8, 4) is 10.8 Å². The van der Waals surface area contributed by atoms with Crippen LogP contribution in [-0.2, 0) is 6.54 Å². The van der Waals surface area contributed by atoms with Crippen molar-refractivity contribution < 1.29 is 4.42 Å². The highest BCUT2D eigenvalue weighted by molar-refractivity contribution is 7.13. The number of hydrogen-bond donors (Lipinski definition) is 1. The minimum Gasteiger partial charge on any atom is -0.443 e. The lowest BCUT2D eigenvalue weighted by atomic mass is 10.00. The zero-order valence-corrected chi connectivity index (χ0v) is 13.0. The van der Waals surface area contributed by atoms with Gasteiger partial charge in [0.05, 0.1) is 11.4 Å². The number of piperidine rings is 1. The predicted octanol–water partition coefficient (Wildman–Crippen LogP) is 2.95. The van der Waals surface area contributed by atoms with Gasteiger partial charge in [-0.3, -0.25) is 0 Å². The lowest BCUT2D eigenvalue weighted by Gasteiger charge is -2.30. The number of hydrogen-bond acceptors (Lipinski definition) is 4. The molecule has 3 rings (SSSR count). The maximum atomic E-state index is 6.06. The number of aromatic nitrogens is 1. The largest absolute Gasteiger partial charge is 0.443 e. The summed E-state index contributed by atoms with van der Waals surface area (Å²) in [6, 6.07) is 3.98. The Morgan fingerprint density at radius 1 is 1.52 bits per heavy atom. The van der Waals surface area contributed by atoms with Gasteiger partial charge >= 0.3 is 0 Å². The molecule has 1 fully saturated rings. The van der Waals surface area contributed by atoms with Gasteiger partial charge in [0.2, 0.25) is 5.89 Å². The van der Waals surface area contributed by atoms with Crippen molar-refractivity contribution in [1.29, 1.82) is 0 Å². The highest BCUT2D eigenvalue weighted by atomic mass is 32.1. The highest BCUT2D eigenvalue weighted by Crippen LogP contribution is 2.23. The first-order chi connectivity index (χ1) is 10.2. The average Bonchev–Trinajstić information content (AvgIpc) is 3.16. The molecule has 0 unspecified atom stereocenters. The molecular formula is C15H20N4OS. The molecule has 1 aliphatic heterocycles. The molecule has 0 saturated carbocycles. The van der Waals surface area contributed by atoms with Crippen LogP contribution in [0.2, 0.25) is 0 Å². The van der Waals surface area contributed by atoms with E-state index >= 15 is 0 Å². The summed E-state index contributed by atoms with van der Waals surface area (Å²) >= 11 is 1.61. The second kappa shape index (κ2) is 6.30. The number of nitrogens with zero attached hydrogens (tertiary/aromatic N) is 3. The summed E-state index contributed by atoms with van der Waals surface area (Å²) < 4.78 is 5.48. The minimum atomic E-state index is 0.465. The summed E-state index contributed by atoms with van der Waals surface area (Å²) in [4.78, 5) is 12.1. The van der Waals surface area contributed by atoms with E-state index < -0.39 is 0 Å². The van der Waals surface area contributed by atoms with E-state index in [2.05, 4.69) is 21.8 Å². The normalized spacial score (nSPS) is 17.4. The van der Waals surface area contributed by atoms with Gasteiger partial charge in [-0.2, -0.15) is 0 Å². The third-order valence-electron chi connectivity index (χ3n) is 3.79. The molecule has 0 spiro atoms. The van der Waals surface area contributed by atoms with Gasteiger partial charge in [0.15, 0.2) is 5.96 Å². The molecule has 2 N–H and O–H groups in total. The Morgan fingerprint density at radius 2 is 2.33 bits per heavy atom. The van der Waals surface area contributed by atoms with E-state index in [1.807, 2.05) is 17.5 Å². The van der Waals surface area contributed by atoms with E-state index in [0.29, 0.717) is 18.4 Å². The molecule has 0 aromatic carbocycles. The zero-order valence-electron chi connectivity index (χ0n) is 12.2. The summed E-state index contributed by atoms with van der Waals surface area (Å²) in [5.74, 6) is 2.06. The topological polar surface area (TPSA) is 67.7 Å². The Hall–Kier alpha value is -1.82. The third kappa shape index (κ3) is 3.44. The lowest BCUT2D eigenvalue weighted by molar-refractivity contribution is 0.277. The van der Waals surface area contributed by atoms with E-state index in [9.17, 15) is 0 Å². The first-order valence-corrected chi connectivity index (χ1v) is 8.13. The average molecular weight is 304 g/mol. The van der Waals surface area contributed by atoms with Crippen molar-refractivity contribution in [1.82, 2.24) is 9.88 Å². The quantitative estimate of drug-likeness (QED) is 0.699. The number of aliphatic imine (C=N–C) groups is 1. The number of oxazole rings is 1. The molecule has 0 amide bonds. The van der Waals surface area contributed by atoms with Crippen molar-refractivity contribution in [2.75, 3.05) is 13.1 Å². The third-order valence-corrected chi connectivity index (χ3v) is 4.65. The molecule has 3 heterocycles. The van der Waals surface area contributed by atoms with Crippen molar-refractivity contribution in [3.63, 3.8) is 0 Å². The molecule has 0 radical (unpaired) electrons. The number of guanidine groups is 1. The van der Waals surface area contributed by atoms with Crippen LogP contribution >= 0.6 is 11.3 Å². The monoisotopic (exact) mass is 304 g/mol. The van der Waals surface area contributed by atoms with Gasteiger partial charge in [-0.25, -0.2) is 9.98 Å². The number of thiophene rings is 1. The molecule has 21 heavy (non-hydrogen) atoms. The molecule has 2 aromatic rings. The van der Waals surface area contributed by atoms with Gasteiger partial charge in [-0.05, 0) is 30.2 Å².